The molecule has 0 saturated heterocycles. The van der Waals surface area contributed by atoms with Gasteiger partial charge in [-0.1, -0.05) is 35.3 Å². The molecule has 119 valence electrons. The molecule has 2 aliphatic rings. The summed E-state index contributed by atoms with van der Waals surface area (Å²) in [7, 11) is 0. The number of rotatable bonds is 0. The van der Waals surface area contributed by atoms with Crippen molar-refractivity contribution in [1.82, 2.24) is 0 Å². The molecule has 1 N–H and O–H groups in total. The number of aryl methyl sites for hydroxylation is 2. The number of carbonyl (C=O) groups is 1. The number of halogens is 2. The van der Waals surface area contributed by atoms with Crippen molar-refractivity contribution in [1.29, 1.82) is 0 Å². The molecule has 0 amide bonds. The molecule has 2 aliphatic carbocycles. The van der Waals surface area contributed by atoms with Crippen LogP contribution in [0.4, 0.5) is 0 Å². The SMILES string of the molecule is O=C1CCc2ccc(Cl)cc21.OC1CCc2ccc(Cl)cc21.[B].[H-].[Na+]. The molecular formula is C18H17BCl2NaO2. The van der Waals surface area contributed by atoms with Gasteiger partial charge in [-0.05, 0) is 60.2 Å². The maximum atomic E-state index is 11.2. The monoisotopic (exact) mass is 369 g/mol. The summed E-state index contributed by atoms with van der Waals surface area (Å²) in [4.78, 5) is 11.2. The minimum atomic E-state index is -0.288. The molecule has 24 heavy (non-hydrogen) atoms. The summed E-state index contributed by atoms with van der Waals surface area (Å²) in [5, 5.41) is 10.8. The molecular weight excluding hydrogens is 353 g/mol. The Bertz CT molecular complexity index is 743. The average molecular weight is 370 g/mol. The zero-order chi connectivity index (χ0) is 15.7. The van der Waals surface area contributed by atoms with E-state index in [-0.39, 0.29) is 51.3 Å². The molecule has 1 atom stereocenters. The minimum absolute atomic E-state index is 0. The first-order chi connectivity index (χ1) is 10.5. The van der Waals surface area contributed by atoms with E-state index in [2.05, 4.69) is 0 Å². The second kappa shape index (κ2) is 9.42. The maximum absolute atomic E-state index is 11.2. The second-order valence-corrected chi connectivity index (χ2v) is 6.50. The van der Waals surface area contributed by atoms with Gasteiger partial charge in [-0.3, -0.25) is 4.79 Å². The molecule has 0 bridgehead atoms. The molecule has 0 aliphatic heterocycles. The van der Waals surface area contributed by atoms with Gasteiger partial charge < -0.3 is 6.53 Å². The number of carbonyl (C=O) groups excluding carboxylic acids is 1. The Morgan fingerprint density at radius 3 is 2.29 bits per heavy atom. The van der Waals surface area contributed by atoms with Gasteiger partial charge in [-0.15, -0.1) is 0 Å². The fourth-order valence-corrected chi connectivity index (χ4v) is 3.31. The largest absolute Gasteiger partial charge is 1.00 e. The summed E-state index contributed by atoms with van der Waals surface area (Å²) >= 11 is 11.5. The van der Waals surface area contributed by atoms with Crippen LogP contribution >= 0.6 is 23.2 Å². The number of benzene rings is 2. The van der Waals surface area contributed by atoms with Crippen molar-refractivity contribution >= 4 is 37.4 Å². The third-order valence-corrected chi connectivity index (χ3v) is 4.62. The Labute approximate surface area is 177 Å². The number of Topliss-reactive ketones (excluding diaryl/α,β-unsaturated/α-hetero) is 1. The number of hydrogen-bond acceptors (Lipinski definition) is 2. The van der Waals surface area contributed by atoms with E-state index in [0.29, 0.717) is 16.5 Å². The molecule has 2 nitrogen and oxygen atoms in total. The summed E-state index contributed by atoms with van der Waals surface area (Å²) in [5.41, 5.74) is 4.20. The fourth-order valence-electron chi connectivity index (χ4n) is 2.96. The Kier molecular flexibility index (Phi) is 8.54. The first kappa shape index (κ1) is 21.8. The molecule has 0 heterocycles. The quantitative estimate of drug-likeness (QED) is 0.715. The molecule has 6 heteroatoms. The Morgan fingerprint density at radius 2 is 1.58 bits per heavy atom. The van der Waals surface area contributed by atoms with E-state index in [1.165, 1.54) is 5.56 Å². The normalized spacial score (nSPS) is 17.0. The maximum Gasteiger partial charge on any atom is 1.00 e. The molecule has 0 saturated carbocycles. The van der Waals surface area contributed by atoms with Gasteiger partial charge in [0.1, 0.15) is 0 Å². The summed E-state index contributed by atoms with van der Waals surface area (Å²) in [6.07, 6.45) is 3.06. The summed E-state index contributed by atoms with van der Waals surface area (Å²) in [5.74, 6) is 0.225. The zero-order valence-corrected chi connectivity index (χ0v) is 17.1. The first-order valence-corrected chi connectivity index (χ1v) is 8.08. The third-order valence-electron chi connectivity index (χ3n) is 4.15. The van der Waals surface area contributed by atoms with Gasteiger partial charge in [0.15, 0.2) is 5.78 Å². The van der Waals surface area contributed by atoms with Crippen molar-refractivity contribution in [2.45, 2.75) is 31.8 Å². The molecule has 2 aromatic rings. The molecule has 2 aromatic carbocycles. The van der Waals surface area contributed by atoms with E-state index >= 15 is 0 Å². The fraction of sp³-hybridized carbons (Fsp3) is 0.278. The van der Waals surface area contributed by atoms with Crippen LogP contribution in [0.3, 0.4) is 0 Å². The number of ketones is 1. The molecule has 3 radical (unpaired) electrons. The first-order valence-electron chi connectivity index (χ1n) is 7.32. The van der Waals surface area contributed by atoms with Crippen LogP contribution in [0.15, 0.2) is 36.4 Å². The molecule has 4 rings (SSSR count). The molecule has 1 unspecified atom stereocenters. The Balaban J connectivity index is 0.000000411. The van der Waals surface area contributed by atoms with E-state index in [0.717, 1.165) is 36.0 Å². The van der Waals surface area contributed by atoms with Gasteiger partial charge in [-0.25, -0.2) is 0 Å². The standard InChI is InChI=1S/C9H9ClO.C9H7ClO.B.Na.H/c2*10-7-3-1-6-2-4-9(11)8(6)5-7;;;/h1,3,5,9,11H,2,4H2;1,3,5H,2,4H2;;;/q;;;+1;-1. The van der Waals surface area contributed by atoms with Crippen molar-refractivity contribution < 1.29 is 40.9 Å². The van der Waals surface area contributed by atoms with E-state index < -0.39 is 0 Å². The van der Waals surface area contributed by atoms with Crippen molar-refractivity contribution in [3.05, 3.63) is 68.7 Å². The number of aliphatic hydroxyl groups excluding tert-OH is 1. The van der Waals surface area contributed by atoms with Crippen LogP contribution in [0.25, 0.3) is 0 Å². The van der Waals surface area contributed by atoms with Crippen LogP contribution in [0.1, 0.15) is 47.4 Å². The topological polar surface area (TPSA) is 37.3 Å². The summed E-state index contributed by atoms with van der Waals surface area (Å²) < 4.78 is 0. The predicted molar refractivity (Wildman–Crippen MR) is 95.7 cm³/mol. The summed E-state index contributed by atoms with van der Waals surface area (Å²) in [6.45, 7) is 0. The van der Waals surface area contributed by atoms with E-state index in [1.54, 1.807) is 6.07 Å². The van der Waals surface area contributed by atoms with Gasteiger partial charge in [0.2, 0.25) is 0 Å². The van der Waals surface area contributed by atoms with Crippen molar-refractivity contribution in [3.8, 4) is 0 Å². The van der Waals surface area contributed by atoms with Gasteiger partial charge in [0, 0.05) is 30.4 Å². The molecule has 0 aromatic heterocycles. The molecule has 0 fully saturated rings. The Hall–Kier alpha value is -0.285. The van der Waals surface area contributed by atoms with Crippen molar-refractivity contribution in [2.75, 3.05) is 0 Å². The van der Waals surface area contributed by atoms with Crippen LogP contribution < -0.4 is 29.6 Å². The smallest absolute Gasteiger partial charge is 1.00 e. The van der Waals surface area contributed by atoms with Crippen LogP contribution in [-0.2, 0) is 12.8 Å². The Morgan fingerprint density at radius 1 is 0.958 bits per heavy atom. The van der Waals surface area contributed by atoms with E-state index in [9.17, 15) is 9.90 Å². The van der Waals surface area contributed by atoms with Crippen molar-refractivity contribution in [3.63, 3.8) is 0 Å². The van der Waals surface area contributed by atoms with Gasteiger partial charge >= 0.3 is 29.6 Å². The minimum Gasteiger partial charge on any atom is -1.00 e. The predicted octanol–water partition coefficient (Wildman–Crippen LogP) is 1.52. The van der Waals surface area contributed by atoms with Crippen LogP contribution in [0, 0.1) is 0 Å². The van der Waals surface area contributed by atoms with E-state index in [1.807, 2.05) is 30.3 Å². The average Bonchev–Trinajstić information content (AvgIpc) is 3.04. The number of aliphatic hydroxyl groups is 1. The van der Waals surface area contributed by atoms with Gasteiger partial charge in [0.25, 0.3) is 0 Å². The number of hydrogen-bond donors (Lipinski definition) is 1. The zero-order valence-electron chi connectivity index (χ0n) is 14.6. The third kappa shape index (κ3) is 4.88. The number of fused-ring (bicyclic) bond motifs is 2. The van der Waals surface area contributed by atoms with Gasteiger partial charge in [-0.2, -0.15) is 0 Å². The van der Waals surface area contributed by atoms with Crippen molar-refractivity contribution in [2.24, 2.45) is 0 Å². The summed E-state index contributed by atoms with van der Waals surface area (Å²) in [6, 6.07) is 11.2. The van der Waals surface area contributed by atoms with Crippen LogP contribution in [0.5, 0.6) is 0 Å². The van der Waals surface area contributed by atoms with Crippen LogP contribution in [0.2, 0.25) is 10.0 Å². The van der Waals surface area contributed by atoms with E-state index in [4.69, 9.17) is 23.2 Å². The second-order valence-electron chi connectivity index (χ2n) is 5.62. The molecule has 0 spiro atoms. The van der Waals surface area contributed by atoms with Gasteiger partial charge in [0.05, 0.1) is 6.10 Å². The van der Waals surface area contributed by atoms with Crippen LogP contribution in [-0.4, -0.2) is 19.3 Å².